The SMILES string of the molecule is Cn1ccnc1C(=O)N(Cc1ccccc1)c1nc2ccccc2s1. The summed E-state index contributed by atoms with van der Waals surface area (Å²) in [6.45, 7) is 0.451. The lowest BCUT2D eigenvalue weighted by molar-refractivity contribution is 0.0972. The third-order valence-corrected chi connectivity index (χ3v) is 5.01. The van der Waals surface area contributed by atoms with Crippen molar-refractivity contribution in [2.75, 3.05) is 4.90 Å². The molecule has 5 nitrogen and oxygen atoms in total. The summed E-state index contributed by atoms with van der Waals surface area (Å²) in [6, 6.07) is 17.8. The summed E-state index contributed by atoms with van der Waals surface area (Å²) in [7, 11) is 1.82. The van der Waals surface area contributed by atoms with Gasteiger partial charge in [0.1, 0.15) is 0 Å². The summed E-state index contributed by atoms with van der Waals surface area (Å²) in [5, 5.41) is 0.679. The topological polar surface area (TPSA) is 51.0 Å². The molecule has 0 spiro atoms. The van der Waals surface area contributed by atoms with E-state index in [0.717, 1.165) is 15.8 Å². The molecular weight excluding hydrogens is 332 g/mol. The largest absolute Gasteiger partial charge is 0.330 e. The molecule has 2 aromatic heterocycles. The number of para-hydroxylation sites is 1. The Balaban J connectivity index is 1.77. The van der Waals surface area contributed by atoms with Gasteiger partial charge in [0.15, 0.2) is 11.0 Å². The number of hydrogen-bond acceptors (Lipinski definition) is 4. The lowest BCUT2D eigenvalue weighted by atomic mass is 10.2. The van der Waals surface area contributed by atoms with Crippen molar-refractivity contribution < 1.29 is 4.79 Å². The zero-order chi connectivity index (χ0) is 17.2. The fourth-order valence-electron chi connectivity index (χ4n) is 2.66. The number of amides is 1. The van der Waals surface area contributed by atoms with Gasteiger partial charge in [0.05, 0.1) is 16.8 Å². The number of imidazole rings is 1. The maximum atomic E-state index is 13.1. The van der Waals surface area contributed by atoms with Crippen molar-refractivity contribution in [3.63, 3.8) is 0 Å². The summed E-state index contributed by atoms with van der Waals surface area (Å²) >= 11 is 1.51. The third kappa shape index (κ3) is 3.04. The van der Waals surface area contributed by atoms with E-state index >= 15 is 0 Å². The van der Waals surface area contributed by atoms with Crippen molar-refractivity contribution in [2.24, 2.45) is 7.05 Å². The van der Waals surface area contributed by atoms with E-state index in [-0.39, 0.29) is 5.91 Å². The van der Waals surface area contributed by atoms with E-state index < -0.39 is 0 Å². The summed E-state index contributed by atoms with van der Waals surface area (Å²) in [5.74, 6) is 0.241. The Morgan fingerprint density at radius 2 is 1.88 bits per heavy atom. The van der Waals surface area contributed by atoms with Gasteiger partial charge in [-0.1, -0.05) is 53.8 Å². The summed E-state index contributed by atoms with van der Waals surface area (Å²) < 4.78 is 2.79. The van der Waals surface area contributed by atoms with Crippen molar-refractivity contribution >= 4 is 32.6 Å². The normalized spacial score (nSPS) is 10.9. The maximum absolute atomic E-state index is 13.1. The molecule has 0 fully saturated rings. The predicted molar refractivity (Wildman–Crippen MR) is 99.8 cm³/mol. The number of aromatic nitrogens is 3. The first-order valence-electron chi connectivity index (χ1n) is 7.91. The molecule has 0 bridgehead atoms. The molecule has 2 aromatic carbocycles. The number of fused-ring (bicyclic) bond motifs is 1. The van der Waals surface area contributed by atoms with Crippen LogP contribution in [0.2, 0.25) is 0 Å². The van der Waals surface area contributed by atoms with Gasteiger partial charge in [0, 0.05) is 19.4 Å². The number of benzene rings is 2. The summed E-state index contributed by atoms with van der Waals surface area (Å²) in [6.07, 6.45) is 3.40. The molecule has 0 saturated carbocycles. The van der Waals surface area contributed by atoms with Crippen LogP contribution < -0.4 is 4.90 Å². The third-order valence-electron chi connectivity index (χ3n) is 3.95. The van der Waals surface area contributed by atoms with E-state index in [1.807, 2.05) is 61.6 Å². The first kappa shape index (κ1) is 15.5. The van der Waals surface area contributed by atoms with E-state index in [1.165, 1.54) is 11.3 Å². The van der Waals surface area contributed by atoms with Crippen molar-refractivity contribution in [1.29, 1.82) is 0 Å². The number of nitrogens with zero attached hydrogens (tertiary/aromatic N) is 4. The van der Waals surface area contributed by atoms with Gasteiger partial charge in [-0.2, -0.15) is 0 Å². The molecule has 6 heteroatoms. The molecule has 0 unspecified atom stereocenters. The lowest BCUT2D eigenvalue weighted by Gasteiger charge is -2.19. The van der Waals surface area contributed by atoms with Crippen molar-refractivity contribution in [2.45, 2.75) is 6.54 Å². The molecule has 0 radical (unpaired) electrons. The molecular formula is C19H16N4OS. The van der Waals surface area contributed by atoms with E-state index in [1.54, 1.807) is 21.9 Å². The molecule has 4 rings (SSSR count). The van der Waals surface area contributed by atoms with Crippen LogP contribution in [-0.2, 0) is 13.6 Å². The van der Waals surface area contributed by atoms with Crippen LogP contribution in [0.3, 0.4) is 0 Å². The molecule has 0 aliphatic heterocycles. The lowest BCUT2D eigenvalue weighted by Crippen LogP contribution is -2.32. The fraction of sp³-hybridized carbons (Fsp3) is 0.105. The monoisotopic (exact) mass is 348 g/mol. The van der Waals surface area contributed by atoms with Gasteiger partial charge in [0.25, 0.3) is 5.91 Å². The minimum atomic E-state index is -0.157. The Morgan fingerprint density at radius 3 is 2.60 bits per heavy atom. The average Bonchev–Trinajstić information content (AvgIpc) is 3.25. The second-order valence-corrected chi connectivity index (χ2v) is 6.71. The molecule has 4 aromatic rings. The van der Waals surface area contributed by atoms with Crippen LogP contribution in [0.5, 0.6) is 0 Å². The van der Waals surface area contributed by atoms with Gasteiger partial charge in [-0.05, 0) is 17.7 Å². The van der Waals surface area contributed by atoms with Gasteiger partial charge in [-0.25, -0.2) is 9.97 Å². The van der Waals surface area contributed by atoms with Crippen LogP contribution in [0.4, 0.5) is 5.13 Å². The average molecular weight is 348 g/mol. The predicted octanol–water partition coefficient (Wildman–Crippen LogP) is 3.88. The molecule has 2 heterocycles. The smallest absolute Gasteiger partial charge is 0.296 e. The van der Waals surface area contributed by atoms with Gasteiger partial charge in [0.2, 0.25) is 0 Å². The Bertz CT molecular complexity index is 989. The first-order valence-corrected chi connectivity index (χ1v) is 8.73. The Labute approximate surface area is 149 Å². The van der Waals surface area contributed by atoms with Gasteiger partial charge in [-0.15, -0.1) is 0 Å². The van der Waals surface area contributed by atoms with Crippen molar-refractivity contribution in [3.8, 4) is 0 Å². The van der Waals surface area contributed by atoms with Crippen LogP contribution >= 0.6 is 11.3 Å². The number of carbonyl (C=O) groups excluding carboxylic acids is 1. The summed E-state index contributed by atoms with van der Waals surface area (Å²) in [5.41, 5.74) is 1.94. The van der Waals surface area contributed by atoms with E-state index in [4.69, 9.17) is 0 Å². The molecule has 0 saturated heterocycles. The zero-order valence-electron chi connectivity index (χ0n) is 13.7. The minimum absolute atomic E-state index is 0.157. The molecule has 1 amide bonds. The number of thiazole rings is 1. The number of carbonyl (C=O) groups is 1. The molecule has 0 N–H and O–H groups in total. The van der Waals surface area contributed by atoms with E-state index in [9.17, 15) is 4.79 Å². The van der Waals surface area contributed by atoms with E-state index in [0.29, 0.717) is 17.5 Å². The van der Waals surface area contributed by atoms with Crippen molar-refractivity contribution in [1.82, 2.24) is 14.5 Å². The highest BCUT2D eigenvalue weighted by Crippen LogP contribution is 2.30. The van der Waals surface area contributed by atoms with Crippen LogP contribution in [0, 0.1) is 0 Å². The molecule has 0 aliphatic carbocycles. The Morgan fingerprint density at radius 1 is 1.12 bits per heavy atom. The minimum Gasteiger partial charge on any atom is -0.330 e. The number of anilines is 1. The zero-order valence-corrected chi connectivity index (χ0v) is 14.5. The number of hydrogen-bond donors (Lipinski definition) is 0. The second kappa shape index (κ2) is 6.49. The van der Waals surface area contributed by atoms with Gasteiger partial charge < -0.3 is 4.57 Å². The molecule has 124 valence electrons. The van der Waals surface area contributed by atoms with Crippen LogP contribution in [0.1, 0.15) is 16.2 Å². The number of aryl methyl sites for hydroxylation is 1. The standard InChI is InChI=1S/C19H16N4OS/c1-22-12-11-20-17(22)18(24)23(13-14-7-3-2-4-8-14)19-21-15-9-5-6-10-16(15)25-19/h2-12H,13H2,1H3. The van der Waals surface area contributed by atoms with Crippen LogP contribution in [0.25, 0.3) is 10.2 Å². The molecule has 25 heavy (non-hydrogen) atoms. The maximum Gasteiger partial charge on any atom is 0.296 e. The van der Waals surface area contributed by atoms with Crippen LogP contribution in [-0.4, -0.2) is 20.4 Å². The Hall–Kier alpha value is -2.99. The van der Waals surface area contributed by atoms with Crippen LogP contribution in [0.15, 0.2) is 67.0 Å². The first-order chi connectivity index (χ1) is 12.2. The highest BCUT2D eigenvalue weighted by molar-refractivity contribution is 7.22. The quantitative estimate of drug-likeness (QED) is 0.562. The summed E-state index contributed by atoms with van der Waals surface area (Å²) in [4.78, 5) is 23.7. The Kier molecular flexibility index (Phi) is 4.03. The van der Waals surface area contributed by atoms with E-state index in [2.05, 4.69) is 9.97 Å². The fourth-order valence-corrected chi connectivity index (χ4v) is 3.62. The number of rotatable bonds is 4. The molecule has 0 atom stereocenters. The molecule has 0 aliphatic rings. The van der Waals surface area contributed by atoms with Gasteiger partial charge >= 0.3 is 0 Å². The highest BCUT2D eigenvalue weighted by Gasteiger charge is 2.24. The van der Waals surface area contributed by atoms with Crippen molar-refractivity contribution in [3.05, 3.63) is 78.4 Å². The highest BCUT2D eigenvalue weighted by atomic mass is 32.1. The second-order valence-electron chi connectivity index (χ2n) is 5.70. The van der Waals surface area contributed by atoms with Gasteiger partial charge in [-0.3, -0.25) is 9.69 Å².